The van der Waals surface area contributed by atoms with Gasteiger partial charge < -0.3 is 24.8 Å². The van der Waals surface area contributed by atoms with E-state index in [-0.39, 0.29) is 33.7 Å². The van der Waals surface area contributed by atoms with Crippen molar-refractivity contribution in [3.05, 3.63) is 94.6 Å². The van der Waals surface area contributed by atoms with Crippen molar-refractivity contribution in [2.75, 3.05) is 19.5 Å². The average Bonchev–Trinajstić information content (AvgIpc) is 3.58. The van der Waals surface area contributed by atoms with Crippen LogP contribution in [0.2, 0.25) is 0 Å². The minimum Gasteiger partial charge on any atom is -0.496 e. The van der Waals surface area contributed by atoms with Crippen molar-refractivity contribution < 1.29 is 55.3 Å². The second kappa shape index (κ2) is 14.2. The van der Waals surface area contributed by atoms with E-state index in [2.05, 4.69) is 10.6 Å². The molecule has 4 atom stereocenters. The fraction of sp³-hybridized carbons (Fsp3) is 0.351. The zero-order valence-electron chi connectivity index (χ0n) is 28.2. The van der Waals surface area contributed by atoms with E-state index in [0.29, 0.717) is 30.5 Å². The van der Waals surface area contributed by atoms with Gasteiger partial charge in [-0.15, -0.1) is 0 Å². The summed E-state index contributed by atoms with van der Waals surface area (Å²) in [5.74, 6) is -7.12. The van der Waals surface area contributed by atoms with Crippen LogP contribution in [0.1, 0.15) is 59.9 Å². The molecule has 0 spiro atoms. The molecular weight excluding hydrogens is 679 g/mol. The number of fused-ring (bicyclic) bond motifs is 2. The highest BCUT2D eigenvalue weighted by Crippen LogP contribution is 2.53. The van der Waals surface area contributed by atoms with Gasteiger partial charge in [-0.25, -0.2) is 18.4 Å². The third-order valence-corrected chi connectivity index (χ3v) is 8.88. The third-order valence-electron chi connectivity index (χ3n) is 8.88. The minimum atomic E-state index is -5.02. The molecule has 3 aromatic rings. The summed E-state index contributed by atoms with van der Waals surface area (Å²) < 4.78 is 84.9. The van der Waals surface area contributed by atoms with Crippen molar-refractivity contribution in [3.8, 4) is 16.9 Å². The number of ether oxygens (including phenoxy) is 3. The number of methoxy groups -OCH3 is 2. The molecule has 2 amide bonds. The minimum absolute atomic E-state index is 0.00642. The van der Waals surface area contributed by atoms with Gasteiger partial charge in [0.2, 0.25) is 5.91 Å². The molecule has 0 aliphatic heterocycles. The summed E-state index contributed by atoms with van der Waals surface area (Å²) in [7, 11) is 2.50. The number of anilines is 1. The van der Waals surface area contributed by atoms with Gasteiger partial charge in [-0.3, -0.25) is 9.59 Å². The van der Waals surface area contributed by atoms with Gasteiger partial charge in [-0.05, 0) is 93.6 Å². The summed E-state index contributed by atoms with van der Waals surface area (Å²) in [5.41, 5.74) is -1.92. The molecule has 0 heterocycles. The quantitative estimate of drug-likeness (QED) is 0.145. The van der Waals surface area contributed by atoms with Crippen LogP contribution in [-0.4, -0.2) is 49.6 Å². The lowest BCUT2D eigenvalue weighted by Gasteiger charge is -2.30. The highest BCUT2D eigenvalue weighted by molar-refractivity contribution is 6.00. The first kappa shape index (κ1) is 37.0. The van der Waals surface area contributed by atoms with E-state index < -0.39 is 76.5 Å². The molecular formula is C37H35F5N2O7. The molecule has 270 valence electrons. The number of esters is 2. The summed E-state index contributed by atoms with van der Waals surface area (Å²) in [5, 5.41) is 5.27. The molecule has 9 nitrogen and oxygen atoms in total. The Bertz CT molecular complexity index is 1920. The van der Waals surface area contributed by atoms with E-state index in [0.717, 1.165) is 12.1 Å². The zero-order chi connectivity index (χ0) is 37.4. The molecule has 2 saturated carbocycles. The maximum atomic E-state index is 15.2. The topological polar surface area (TPSA) is 120 Å². The average molecular weight is 715 g/mol. The van der Waals surface area contributed by atoms with Crippen LogP contribution in [0, 0.1) is 29.4 Å². The standard InChI is InChI=1S/C37H35F5N2O7/c1-36(2,3)51-35(48)19-6-11-27(38)23(15-19)18-7-13-29(49-4)25(14-18)33(46)44-32-22-10-9-21(24(22)17-30(45)50-5)31(32)34(47)43-20-8-12-28(39)26(16-20)37(40,41)42/h6-8,11-17,21-22,31-32H,9-10H2,1-5H3,(H,43,47)(H,44,46)/b24-17-/t21-,22+,31-,32+/m0/s1. The Hall–Kier alpha value is -5.27. The van der Waals surface area contributed by atoms with Crippen LogP contribution in [0.3, 0.4) is 0 Å². The molecule has 0 saturated heterocycles. The fourth-order valence-electron chi connectivity index (χ4n) is 6.73. The van der Waals surface area contributed by atoms with Gasteiger partial charge in [0.1, 0.15) is 23.0 Å². The van der Waals surface area contributed by atoms with E-state index >= 15 is 4.39 Å². The molecule has 0 aromatic heterocycles. The normalized spacial score (nSPS) is 20.5. The van der Waals surface area contributed by atoms with Crippen molar-refractivity contribution in [1.29, 1.82) is 0 Å². The Labute approximate surface area is 290 Å². The lowest BCUT2D eigenvalue weighted by molar-refractivity contribution is -0.140. The van der Waals surface area contributed by atoms with E-state index in [9.17, 15) is 36.7 Å². The monoisotopic (exact) mass is 714 g/mol. The van der Waals surface area contributed by atoms with E-state index in [4.69, 9.17) is 14.2 Å². The number of amides is 2. The van der Waals surface area contributed by atoms with Crippen LogP contribution in [-0.2, 0) is 25.2 Å². The number of alkyl halides is 3. The van der Waals surface area contributed by atoms with Crippen molar-refractivity contribution in [1.82, 2.24) is 5.32 Å². The lowest BCUT2D eigenvalue weighted by Crippen LogP contribution is -2.48. The van der Waals surface area contributed by atoms with E-state index in [1.165, 1.54) is 50.6 Å². The first-order valence-corrected chi connectivity index (χ1v) is 15.9. The van der Waals surface area contributed by atoms with Gasteiger partial charge >= 0.3 is 18.1 Å². The molecule has 2 N–H and O–H groups in total. The maximum absolute atomic E-state index is 15.2. The van der Waals surface area contributed by atoms with Crippen molar-refractivity contribution in [2.24, 2.45) is 17.8 Å². The third kappa shape index (κ3) is 7.89. The number of rotatable bonds is 8. The Morgan fingerprint density at radius 3 is 2.20 bits per heavy atom. The highest BCUT2D eigenvalue weighted by Gasteiger charge is 2.55. The molecule has 51 heavy (non-hydrogen) atoms. The second-order valence-corrected chi connectivity index (χ2v) is 13.3. The van der Waals surface area contributed by atoms with Crippen molar-refractivity contribution in [3.63, 3.8) is 0 Å². The summed E-state index contributed by atoms with van der Waals surface area (Å²) in [6.07, 6.45) is -2.87. The highest BCUT2D eigenvalue weighted by atomic mass is 19.4. The van der Waals surface area contributed by atoms with Gasteiger partial charge in [0.25, 0.3) is 5.91 Å². The van der Waals surface area contributed by atoms with Crippen LogP contribution >= 0.6 is 0 Å². The summed E-state index contributed by atoms with van der Waals surface area (Å²) in [6.45, 7) is 5.07. The first-order chi connectivity index (χ1) is 23.9. The zero-order valence-corrected chi connectivity index (χ0v) is 28.2. The SMILES string of the molecule is COC(=O)/C=C1\[C@H]2CC[C@@H]1[C@H](C(=O)Nc1ccc(F)c(C(F)(F)F)c1)[C@@H]2NC(=O)c1cc(-c2cc(C(=O)OC(C)(C)C)ccc2F)ccc1OC. The lowest BCUT2D eigenvalue weighted by atomic mass is 9.83. The van der Waals surface area contributed by atoms with Crippen LogP contribution in [0.15, 0.2) is 66.2 Å². The maximum Gasteiger partial charge on any atom is 0.419 e. The Morgan fingerprint density at radius 2 is 1.55 bits per heavy atom. The van der Waals surface area contributed by atoms with Crippen LogP contribution in [0.4, 0.5) is 27.6 Å². The smallest absolute Gasteiger partial charge is 0.419 e. The molecule has 2 bridgehead atoms. The molecule has 0 radical (unpaired) electrons. The van der Waals surface area contributed by atoms with Gasteiger partial charge in [0.05, 0.1) is 36.8 Å². The Balaban J connectivity index is 1.48. The molecule has 5 rings (SSSR count). The van der Waals surface area contributed by atoms with Crippen LogP contribution in [0.5, 0.6) is 5.75 Å². The second-order valence-electron chi connectivity index (χ2n) is 13.3. The van der Waals surface area contributed by atoms with E-state index in [1.807, 2.05) is 0 Å². The van der Waals surface area contributed by atoms with Gasteiger partial charge in [-0.2, -0.15) is 13.2 Å². The summed E-state index contributed by atoms with van der Waals surface area (Å²) in [4.78, 5) is 52.8. The molecule has 2 aliphatic rings. The van der Waals surface area contributed by atoms with Crippen LogP contribution in [0.25, 0.3) is 11.1 Å². The molecule has 0 unspecified atom stereocenters. The summed E-state index contributed by atoms with van der Waals surface area (Å²) in [6, 6.07) is 9.07. The van der Waals surface area contributed by atoms with Gasteiger partial charge in [-0.1, -0.05) is 11.6 Å². The van der Waals surface area contributed by atoms with Crippen molar-refractivity contribution >= 4 is 29.4 Å². The van der Waals surface area contributed by atoms with Gasteiger partial charge in [0.15, 0.2) is 0 Å². The number of hydrogen-bond acceptors (Lipinski definition) is 7. The Morgan fingerprint density at radius 1 is 0.863 bits per heavy atom. The Kier molecular flexibility index (Phi) is 10.3. The largest absolute Gasteiger partial charge is 0.496 e. The number of nitrogens with one attached hydrogen (secondary N) is 2. The first-order valence-electron chi connectivity index (χ1n) is 15.9. The van der Waals surface area contributed by atoms with Crippen molar-refractivity contribution in [2.45, 2.75) is 51.4 Å². The number of benzene rings is 3. The number of halogens is 5. The number of carbonyl (C=O) groups is 4. The van der Waals surface area contributed by atoms with Crippen LogP contribution < -0.4 is 15.4 Å². The predicted molar refractivity (Wildman–Crippen MR) is 175 cm³/mol. The molecule has 2 fully saturated rings. The number of carbonyl (C=O) groups excluding carboxylic acids is 4. The molecule has 2 aliphatic carbocycles. The van der Waals surface area contributed by atoms with Gasteiger partial charge in [0, 0.05) is 29.3 Å². The van der Waals surface area contributed by atoms with E-state index in [1.54, 1.807) is 20.8 Å². The summed E-state index contributed by atoms with van der Waals surface area (Å²) >= 11 is 0. The predicted octanol–water partition coefficient (Wildman–Crippen LogP) is 7.11. The molecule has 3 aromatic carbocycles. The molecule has 14 heteroatoms. The number of hydrogen-bond donors (Lipinski definition) is 2. The fourth-order valence-corrected chi connectivity index (χ4v) is 6.73.